The summed E-state index contributed by atoms with van der Waals surface area (Å²) in [5.74, 6) is 0.0107. The lowest BCUT2D eigenvalue weighted by Crippen LogP contribution is -2.13. The van der Waals surface area contributed by atoms with Crippen molar-refractivity contribution in [3.63, 3.8) is 0 Å². The second kappa shape index (κ2) is 3.40. The summed E-state index contributed by atoms with van der Waals surface area (Å²) in [5.41, 5.74) is 6.06. The van der Waals surface area contributed by atoms with Crippen LogP contribution in [-0.4, -0.2) is 10.2 Å². The van der Waals surface area contributed by atoms with Gasteiger partial charge in [0.15, 0.2) is 5.82 Å². The summed E-state index contributed by atoms with van der Waals surface area (Å²) in [4.78, 5) is 0. The van der Waals surface area contributed by atoms with Gasteiger partial charge in [-0.05, 0) is 23.1 Å². The van der Waals surface area contributed by atoms with Crippen LogP contribution in [0.25, 0.3) is 10.8 Å². The fraction of sp³-hybridized carbons (Fsp3) is 0.333. The molecule has 1 heterocycles. The molecule has 0 bridgehead atoms. The molecule has 0 radical (unpaired) electrons. The molecule has 0 unspecified atom stereocenters. The smallest absolute Gasteiger partial charge is 0.154 e. The van der Waals surface area contributed by atoms with E-state index in [1.165, 1.54) is 6.07 Å². The van der Waals surface area contributed by atoms with Gasteiger partial charge in [-0.2, -0.15) is 5.10 Å². The number of hydrogen-bond acceptors (Lipinski definition) is 3. The molecule has 0 saturated carbocycles. The zero-order valence-electron chi connectivity index (χ0n) is 9.58. The van der Waals surface area contributed by atoms with Gasteiger partial charge in [0.1, 0.15) is 5.82 Å². The van der Waals surface area contributed by atoms with Gasteiger partial charge in [-0.3, -0.25) is 0 Å². The first-order valence-corrected chi connectivity index (χ1v) is 5.10. The second-order valence-electron chi connectivity index (χ2n) is 4.90. The first-order chi connectivity index (χ1) is 7.39. The highest BCUT2D eigenvalue weighted by Gasteiger charge is 2.19. The van der Waals surface area contributed by atoms with E-state index in [1.807, 2.05) is 20.8 Å². The van der Waals surface area contributed by atoms with Gasteiger partial charge in [-0.25, -0.2) is 4.39 Å². The molecule has 2 N–H and O–H groups in total. The maximum atomic E-state index is 13.9. The van der Waals surface area contributed by atoms with Crippen LogP contribution >= 0.6 is 0 Å². The highest BCUT2D eigenvalue weighted by molar-refractivity contribution is 5.90. The number of rotatable bonds is 0. The van der Waals surface area contributed by atoms with Crippen molar-refractivity contribution in [2.24, 2.45) is 0 Å². The van der Waals surface area contributed by atoms with E-state index in [-0.39, 0.29) is 17.1 Å². The van der Waals surface area contributed by atoms with Crippen molar-refractivity contribution in [3.8, 4) is 0 Å². The Morgan fingerprint density at radius 1 is 1.25 bits per heavy atom. The number of fused-ring (bicyclic) bond motifs is 1. The van der Waals surface area contributed by atoms with Gasteiger partial charge < -0.3 is 5.73 Å². The summed E-state index contributed by atoms with van der Waals surface area (Å²) in [6.45, 7) is 5.90. The van der Waals surface area contributed by atoms with Gasteiger partial charge in [-0.15, -0.1) is 5.10 Å². The van der Waals surface area contributed by atoms with Crippen molar-refractivity contribution in [1.82, 2.24) is 10.2 Å². The quantitative estimate of drug-likeness (QED) is 0.741. The van der Waals surface area contributed by atoms with E-state index in [0.717, 1.165) is 5.39 Å². The van der Waals surface area contributed by atoms with Crippen molar-refractivity contribution >= 4 is 16.6 Å². The zero-order chi connectivity index (χ0) is 11.9. The Bertz CT molecular complexity index is 544. The minimum Gasteiger partial charge on any atom is -0.382 e. The van der Waals surface area contributed by atoms with E-state index in [9.17, 15) is 4.39 Å². The highest BCUT2D eigenvalue weighted by Crippen LogP contribution is 2.29. The van der Waals surface area contributed by atoms with E-state index in [0.29, 0.717) is 10.9 Å². The average molecular weight is 219 g/mol. The molecule has 0 spiro atoms. The number of anilines is 1. The van der Waals surface area contributed by atoms with E-state index in [4.69, 9.17) is 5.73 Å². The van der Waals surface area contributed by atoms with Crippen molar-refractivity contribution in [3.05, 3.63) is 29.7 Å². The molecule has 0 aliphatic rings. The van der Waals surface area contributed by atoms with Gasteiger partial charge in [0.05, 0.1) is 6.20 Å². The molecule has 0 aliphatic heterocycles. The van der Waals surface area contributed by atoms with Gasteiger partial charge in [0.2, 0.25) is 0 Å². The number of aromatic nitrogens is 2. The van der Waals surface area contributed by atoms with Crippen LogP contribution in [0.1, 0.15) is 26.3 Å². The van der Waals surface area contributed by atoms with Crippen LogP contribution in [0.5, 0.6) is 0 Å². The molecule has 2 rings (SSSR count). The lowest BCUT2D eigenvalue weighted by atomic mass is 9.85. The zero-order valence-corrected chi connectivity index (χ0v) is 9.58. The Balaban J connectivity index is 2.78. The van der Waals surface area contributed by atoms with Crippen LogP contribution < -0.4 is 5.73 Å². The number of hydrogen-bond donors (Lipinski definition) is 1. The van der Waals surface area contributed by atoms with E-state index in [1.54, 1.807) is 12.3 Å². The average Bonchev–Trinajstić information content (AvgIpc) is 2.17. The third-order valence-corrected chi connectivity index (χ3v) is 2.59. The Morgan fingerprint density at radius 3 is 2.56 bits per heavy atom. The normalized spacial score (nSPS) is 12.0. The summed E-state index contributed by atoms with van der Waals surface area (Å²) >= 11 is 0. The number of nitrogens with two attached hydrogens (primary N) is 1. The molecule has 0 amide bonds. The van der Waals surface area contributed by atoms with Crippen molar-refractivity contribution in [2.45, 2.75) is 26.2 Å². The first kappa shape index (κ1) is 10.8. The van der Waals surface area contributed by atoms with Crippen LogP contribution in [0.2, 0.25) is 0 Å². The first-order valence-electron chi connectivity index (χ1n) is 5.10. The van der Waals surface area contributed by atoms with Gasteiger partial charge in [0.25, 0.3) is 0 Å². The van der Waals surface area contributed by atoms with Crippen LogP contribution in [0.4, 0.5) is 10.2 Å². The van der Waals surface area contributed by atoms with E-state index in [2.05, 4.69) is 10.2 Å². The SMILES string of the molecule is CC(C)(C)c1cc2cnnc(N)c2cc1F. The predicted molar refractivity (Wildman–Crippen MR) is 62.6 cm³/mol. The molecule has 3 nitrogen and oxygen atoms in total. The minimum atomic E-state index is -0.250. The topological polar surface area (TPSA) is 51.8 Å². The molecule has 16 heavy (non-hydrogen) atoms. The van der Waals surface area contributed by atoms with Crippen molar-refractivity contribution < 1.29 is 4.39 Å². The number of halogens is 1. The third kappa shape index (κ3) is 1.71. The predicted octanol–water partition coefficient (Wildman–Crippen LogP) is 2.65. The fourth-order valence-electron chi connectivity index (χ4n) is 1.70. The molecule has 0 atom stereocenters. The van der Waals surface area contributed by atoms with Gasteiger partial charge in [0, 0.05) is 10.8 Å². The van der Waals surface area contributed by atoms with Crippen molar-refractivity contribution in [2.75, 3.05) is 5.73 Å². The number of nitrogen functional groups attached to an aromatic ring is 1. The Kier molecular flexibility index (Phi) is 2.30. The molecule has 0 saturated heterocycles. The lowest BCUT2D eigenvalue weighted by Gasteiger charge is -2.20. The third-order valence-electron chi connectivity index (χ3n) is 2.59. The summed E-state index contributed by atoms with van der Waals surface area (Å²) < 4.78 is 13.9. The van der Waals surface area contributed by atoms with E-state index >= 15 is 0 Å². The highest BCUT2D eigenvalue weighted by atomic mass is 19.1. The molecule has 0 fully saturated rings. The number of benzene rings is 1. The lowest BCUT2D eigenvalue weighted by molar-refractivity contribution is 0.524. The minimum absolute atomic E-state index is 0.240. The largest absolute Gasteiger partial charge is 0.382 e. The maximum absolute atomic E-state index is 13.9. The summed E-state index contributed by atoms with van der Waals surface area (Å²) in [7, 11) is 0. The van der Waals surface area contributed by atoms with Crippen molar-refractivity contribution in [1.29, 1.82) is 0 Å². The summed E-state index contributed by atoms with van der Waals surface area (Å²) in [6, 6.07) is 3.22. The van der Waals surface area contributed by atoms with E-state index < -0.39 is 0 Å². The molecule has 2 aromatic rings. The standard InChI is InChI=1S/C12H14FN3/c1-12(2,3)9-4-7-6-15-16-11(14)8(7)5-10(9)13/h4-6H,1-3H3,(H2,14,16). The Labute approximate surface area is 93.5 Å². The van der Waals surface area contributed by atoms with Crippen LogP contribution in [0.3, 0.4) is 0 Å². The van der Waals surface area contributed by atoms with Crippen LogP contribution in [0, 0.1) is 5.82 Å². The Hall–Kier alpha value is -1.71. The number of nitrogens with zero attached hydrogens (tertiary/aromatic N) is 2. The molecule has 1 aromatic heterocycles. The molecule has 4 heteroatoms. The Morgan fingerprint density at radius 2 is 1.94 bits per heavy atom. The monoisotopic (exact) mass is 219 g/mol. The van der Waals surface area contributed by atoms with Crippen LogP contribution in [-0.2, 0) is 5.41 Å². The van der Waals surface area contributed by atoms with Crippen LogP contribution in [0.15, 0.2) is 18.3 Å². The molecule has 1 aromatic carbocycles. The summed E-state index contributed by atoms with van der Waals surface area (Å²) in [5, 5.41) is 8.90. The van der Waals surface area contributed by atoms with Gasteiger partial charge >= 0.3 is 0 Å². The second-order valence-corrected chi connectivity index (χ2v) is 4.90. The summed E-state index contributed by atoms with van der Waals surface area (Å²) in [6.07, 6.45) is 1.60. The maximum Gasteiger partial charge on any atom is 0.154 e. The van der Waals surface area contributed by atoms with Gasteiger partial charge in [-0.1, -0.05) is 20.8 Å². The molecular weight excluding hydrogens is 205 g/mol. The fourth-order valence-corrected chi connectivity index (χ4v) is 1.70. The molecular formula is C12H14FN3. The molecule has 84 valence electrons. The molecule has 0 aliphatic carbocycles.